The molecular weight excluding hydrogens is 771 g/mol. The molecule has 14 heteroatoms. The van der Waals surface area contributed by atoms with E-state index in [0.29, 0.717) is 59.1 Å². The molecule has 0 spiro atoms. The number of nitrogens with two attached hydrogens (primary N) is 1. The molecule has 0 bridgehead atoms. The largest absolute Gasteiger partial charge is 0.405 e. The summed E-state index contributed by atoms with van der Waals surface area (Å²) in [5.41, 5.74) is 4.17. The first kappa shape index (κ1) is 36.9. The zero-order valence-corrected chi connectivity index (χ0v) is 25.6. The number of allylic oxidation sites excluding steroid dienone is 2. The normalized spacial score (nSPS) is 12.0. The van der Waals surface area contributed by atoms with Crippen LogP contribution in [-0.4, -0.2) is 29.2 Å². The molecule has 0 radical (unpaired) electrons. The quantitative estimate of drug-likeness (QED) is 0.195. The molecule has 228 valence electrons. The van der Waals surface area contributed by atoms with Gasteiger partial charge in [0.1, 0.15) is 6.54 Å². The number of benzene rings is 3. The van der Waals surface area contributed by atoms with Crippen molar-refractivity contribution >= 4 is 44.0 Å². The molecule has 1 amide bonds. The fourth-order valence-corrected chi connectivity index (χ4v) is 4.70. The summed E-state index contributed by atoms with van der Waals surface area (Å²) in [6, 6.07) is 12.2. The van der Waals surface area contributed by atoms with E-state index in [1.54, 1.807) is 36.4 Å². The van der Waals surface area contributed by atoms with Crippen molar-refractivity contribution in [1.29, 1.82) is 0 Å². The number of fused-ring (bicyclic) bond motifs is 1. The molecule has 3 aromatic rings. The first-order chi connectivity index (χ1) is 19.3. The minimum Gasteiger partial charge on any atom is -0.350 e. The predicted octanol–water partition coefficient (Wildman–Crippen LogP) is 8.48. The van der Waals surface area contributed by atoms with Crippen LogP contribution in [0.3, 0.4) is 0 Å². The Hall–Kier alpha value is -3.11. The molecule has 0 unspecified atom stereocenters. The van der Waals surface area contributed by atoms with Crippen molar-refractivity contribution in [3.63, 3.8) is 0 Å². The van der Waals surface area contributed by atoms with Crippen LogP contribution in [0.15, 0.2) is 67.3 Å². The second-order valence-electron chi connectivity index (χ2n) is 7.99. The van der Waals surface area contributed by atoms with Gasteiger partial charge in [-0.25, -0.2) is 0 Å². The number of hydrogen-bond donors (Lipinski definition) is 2. The first-order valence-corrected chi connectivity index (χ1v) is 13.6. The van der Waals surface area contributed by atoms with Gasteiger partial charge in [-0.2, -0.15) is 13.2 Å². The van der Waals surface area contributed by atoms with Gasteiger partial charge in [-0.3, -0.25) is 4.79 Å². The number of rotatable bonds is 6. The summed E-state index contributed by atoms with van der Waals surface area (Å²) in [5.74, 6) is 0. The number of carbonyl (C=O) groups is 1. The van der Waals surface area contributed by atoms with Gasteiger partial charge >= 0.3 is 202 Å². The average molecular weight is 795 g/mol. The van der Waals surface area contributed by atoms with Crippen molar-refractivity contribution in [3.8, 4) is 0 Å². The Morgan fingerprint density at radius 3 is 1.88 bits per heavy atom. The monoisotopic (exact) mass is 794 g/mol. The van der Waals surface area contributed by atoms with Crippen LogP contribution in [0.25, 0.3) is 22.0 Å². The molecule has 0 atom stereocenters. The third-order valence-corrected chi connectivity index (χ3v) is 6.47. The Balaban J connectivity index is 0.000000762. The molecular formula is C28H24ClF9N2OW. The third-order valence-electron chi connectivity index (χ3n) is 5.04. The van der Waals surface area contributed by atoms with Gasteiger partial charge in [0.25, 0.3) is 0 Å². The second-order valence-corrected chi connectivity index (χ2v) is 10.0. The molecule has 0 saturated carbocycles. The van der Waals surface area contributed by atoms with Gasteiger partial charge in [0.05, 0.1) is 0 Å². The Morgan fingerprint density at radius 2 is 1.45 bits per heavy atom. The molecule has 0 aliphatic carbocycles. The smallest absolute Gasteiger partial charge is 0.350 e. The van der Waals surface area contributed by atoms with Crippen LogP contribution >= 0.6 is 11.6 Å². The molecule has 3 aromatic carbocycles. The van der Waals surface area contributed by atoms with Gasteiger partial charge in [-0.05, 0) is 0 Å². The third kappa shape index (κ3) is 10.9. The number of carbonyl (C=O) groups excluding carboxylic acids is 1. The van der Waals surface area contributed by atoms with E-state index < -0.39 is 46.8 Å². The molecule has 0 fully saturated rings. The number of nitrogens with one attached hydrogen (secondary N) is 1. The molecule has 3 nitrogen and oxygen atoms in total. The fourth-order valence-electron chi connectivity index (χ4n) is 3.40. The van der Waals surface area contributed by atoms with Crippen molar-refractivity contribution in [2.75, 3.05) is 6.54 Å². The van der Waals surface area contributed by atoms with E-state index in [0.717, 1.165) is 12.1 Å². The van der Waals surface area contributed by atoms with Crippen molar-refractivity contribution < 1.29 is 63.7 Å². The van der Waals surface area contributed by atoms with E-state index in [-0.39, 0.29) is 10.3 Å². The number of alkyl halides is 9. The minimum atomic E-state index is -4.91. The summed E-state index contributed by atoms with van der Waals surface area (Å²) in [5, 5.41) is 2.41. The maximum absolute atomic E-state index is 13.9. The van der Waals surface area contributed by atoms with Gasteiger partial charge in [0, 0.05) is 0 Å². The van der Waals surface area contributed by atoms with E-state index in [1.165, 1.54) is 5.32 Å². The van der Waals surface area contributed by atoms with E-state index in [2.05, 4.69) is 6.58 Å². The van der Waals surface area contributed by atoms with Gasteiger partial charge in [0.15, 0.2) is 0 Å². The summed E-state index contributed by atoms with van der Waals surface area (Å²) in [7, 11) is 0. The van der Waals surface area contributed by atoms with E-state index in [4.69, 9.17) is 17.3 Å². The zero-order chi connectivity index (χ0) is 32.5. The van der Waals surface area contributed by atoms with Crippen LogP contribution in [-0.2, 0) is 30.3 Å². The maximum Gasteiger partial charge on any atom is 0.405 e. The molecule has 0 saturated heterocycles. The molecule has 3 N–H and O–H groups in total. The summed E-state index contributed by atoms with van der Waals surface area (Å²) in [4.78, 5) is 9.24. The van der Waals surface area contributed by atoms with Crippen LogP contribution in [0, 0.1) is 0 Å². The van der Waals surface area contributed by atoms with Crippen LogP contribution in [0.5, 0.6) is 0 Å². The van der Waals surface area contributed by atoms with Crippen LogP contribution < -0.4 is 11.1 Å². The van der Waals surface area contributed by atoms with Crippen molar-refractivity contribution in [2.24, 2.45) is 5.73 Å². The SMILES string of the molecule is C=C(N)c1ccc([C](=[W])/C=C(/c2cc(Cl)cc(C(F)(F)F)c2)C(F)(F)F)c2ccccc12.CC.O=CNCC(F)(F)F. The molecule has 3 rings (SSSR count). The van der Waals surface area contributed by atoms with Crippen molar-refractivity contribution in [3.05, 3.63) is 94.5 Å². The average Bonchev–Trinajstić information content (AvgIpc) is 2.89. The van der Waals surface area contributed by atoms with Crippen molar-refractivity contribution in [1.82, 2.24) is 5.32 Å². The van der Waals surface area contributed by atoms with Gasteiger partial charge < -0.3 is 5.32 Å². The molecule has 42 heavy (non-hydrogen) atoms. The fraction of sp³-hybridized carbons (Fsp3) is 0.214. The number of amides is 1. The number of hydrogen-bond acceptors (Lipinski definition) is 2. The van der Waals surface area contributed by atoms with Crippen LogP contribution in [0.1, 0.15) is 36.1 Å². The summed E-state index contributed by atoms with van der Waals surface area (Å²) >= 11 is 6.41. The Bertz CT molecular complexity index is 1450. The van der Waals surface area contributed by atoms with Crippen molar-refractivity contribution in [2.45, 2.75) is 32.4 Å². The Kier molecular flexibility index (Phi) is 13.5. The minimum absolute atomic E-state index is 0.00743. The molecule has 0 heterocycles. The summed E-state index contributed by atoms with van der Waals surface area (Å²) in [6.45, 7) is 6.46. The van der Waals surface area contributed by atoms with Gasteiger partial charge in [0.2, 0.25) is 6.41 Å². The van der Waals surface area contributed by atoms with Crippen LogP contribution in [0.4, 0.5) is 39.5 Å². The van der Waals surface area contributed by atoms with Crippen LogP contribution in [0.2, 0.25) is 5.02 Å². The second kappa shape index (κ2) is 15.4. The maximum atomic E-state index is 13.9. The standard InChI is InChI=1S/C23H14ClF6N.C3H4F3NO.C2H6.W/c1-13(31)18-8-6-14(19-4-2-3-5-20(18)19)7-9-21(23(28,29)30)15-10-16(22(25,26)27)12-17(24)11-15;4-3(5,6)1-7-2-8;1-2;/h2-6,8-12H,1,31H2;2H,1H2,(H,7,8);1-2H3;/b21-9-;;;. The molecule has 0 aromatic heterocycles. The number of halogens is 10. The zero-order valence-electron chi connectivity index (χ0n) is 21.9. The first-order valence-electron chi connectivity index (χ1n) is 11.8. The molecule has 0 aliphatic rings. The Labute approximate surface area is 251 Å². The summed E-state index contributed by atoms with van der Waals surface area (Å²) in [6.07, 6.45) is -13.2. The topological polar surface area (TPSA) is 55.1 Å². The van der Waals surface area contributed by atoms with E-state index in [9.17, 15) is 44.3 Å². The summed E-state index contributed by atoms with van der Waals surface area (Å²) < 4.78 is 114. The molecule has 0 aliphatic heterocycles. The van der Waals surface area contributed by atoms with Gasteiger partial charge in [-0.15, -0.1) is 0 Å². The van der Waals surface area contributed by atoms with E-state index >= 15 is 0 Å². The predicted molar refractivity (Wildman–Crippen MR) is 143 cm³/mol. The van der Waals surface area contributed by atoms with Gasteiger partial charge in [-0.1, -0.05) is 13.8 Å². The Morgan fingerprint density at radius 1 is 0.929 bits per heavy atom. The van der Waals surface area contributed by atoms with E-state index in [1.807, 2.05) is 13.8 Å².